The van der Waals surface area contributed by atoms with E-state index in [9.17, 15) is 10.1 Å². The zero-order valence-electron chi connectivity index (χ0n) is 11.4. The molecule has 0 radical (unpaired) electrons. The molecular weight excluding hydrogens is 322 g/mol. The smallest absolute Gasteiger partial charge is 0.273 e. The van der Waals surface area contributed by atoms with Crippen molar-refractivity contribution < 1.29 is 4.92 Å². The minimum Gasteiger partial charge on any atom is -0.380 e. The molecule has 6 heteroatoms. The van der Waals surface area contributed by atoms with Crippen LogP contribution in [0.5, 0.6) is 0 Å². The SMILES string of the molecule is Cc1cc(NC2CN3CCC2CC3)c(Br)cc1[N+](=O)[O-]. The molecule has 1 N–H and O–H groups in total. The lowest BCUT2D eigenvalue weighted by molar-refractivity contribution is -0.385. The average molecular weight is 340 g/mol. The number of nitro benzene ring substituents is 1. The van der Waals surface area contributed by atoms with E-state index in [1.54, 1.807) is 13.0 Å². The summed E-state index contributed by atoms with van der Waals surface area (Å²) in [5.41, 5.74) is 1.82. The predicted molar refractivity (Wildman–Crippen MR) is 82.1 cm³/mol. The highest BCUT2D eigenvalue weighted by atomic mass is 79.9. The summed E-state index contributed by atoms with van der Waals surface area (Å²) in [6.07, 6.45) is 2.50. The third-order valence-electron chi connectivity index (χ3n) is 4.48. The van der Waals surface area contributed by atoms with Crippen molar-refractivity contribution in [2.45, 2.75) is 25.8 Å². The Morgan fingerprint density at radius 3 is 2.65 bits per heavy atom. The lowest BCUT2D eigenvalue weighted by Gasteiger charge is -2.45. The second kappa shape index (κ2) is 5.33. The lowest BCUT2D eigenvalue weighted by atomic mass is 9.84. The fraction of sp³-hybridized carbons (Fsp3) is 0.571. The molecule has 0 aromatic heterocycles. The summed E-state index contributed by atoms with van der Waals surface area (Å²) in [6.45, 7) is 5.28. The molecule has 0 saturated carbocycles. The van der Waals surface area contributed by atoms with Gasteiger partial charge in [-0.25, -0.2) is 0 Å². The number of halogens is 1. The highest BCUT2D eigenvalue weighted by Gasteiger charge is 2.34. The van der Waals surface area contributed by atoms with Crippen molar-refractivity contribution in [1.82, 2.24) is 4.90 Å². The highest BCUT2D eigenvalue weighted by Crippen LogP contribution is 2.34. The van der Waals surface area contributed by atoms with E-state index in [1.807, 2.05) is 6.07 Å². The van der Waals surface area contributed by atoms with Gasteiger partial charge in [0.25, 0.3) is 5.69 Å². The fourth-order valence-electron chi connectivity index (χ4n) is 3.31. The van der Waals surface area contributed by atoms with Crippen LogP contribution in [-0.2, 0) is 0 Å². The lowest BCUT2D eigenvalue weighted by Crippen LogP contribution is -2.53. The standard InChI is InChI=1S/C14H18BrN3O2/c1-9-6-12(11(15)7-14(9)18(19)20)16-13-8-17-4-2-10(13)3-5-17/h6-7,10,13,16H,2-5,8H2,1H3. The number of fused-ring (bicyclic) bond motifs is 3. The van der Waals surface area contributed by atoms with Crippen LogP contribution in [-0.4, -0.2) is 35.5 Å². The molecule has 1 aromatic rings. The van der Waals surface area contributed by atoms with E-state index in [0.717, 1.165) is 22.6 Å². The molecule has 3 aliphatic rings. The summed E-state index contributed by atoms with van der Waals surface area (Å²) in [4.78, 5) is 13.1. The number of nitrogens with one attached hydrogen (secondary N) is 1. The molecule has 0 amide bonds. The molecule has 2 bridgehead atoms. The van der Waals surface area contributed by atoms with Crippen LogP contribution < -0.4 is 5.32 Å². The third kappa shape index (κ3) is 2.54. The van der Waals surface area contributed by atoms with Gasteiger partial charge in [0.15, 0.2) is 0 Å². The second-order valence-electron chi connectivity index (χ2n) is 5.76. The van der Waals surface area contributed by atoms with Gasteiger partial charge in [0.2, 0.25) is 0 Å². The van der Waals surface area contributed by atoms with E-state index in [-0.39, 0.29) is 10.6 Å². The number of piperidine rings is 3. The molecule has 1 aromatic carbocycles. The molecular formula is C14H18BrN3O2. The molecule has 1 unspecified atom stereocenters. The molecule has 4 rings (SSSR count). The van der Waals surface area contributed by atoms with Crippen molar-refractivity contribution in [3.63, 3.8) is 0 Å². The van der Waals surface area contributed by atoms with E-state index in [1.165, 1.54) is 25.9 Å². The van der Waals surface area contributed by atoms with Crippen molar-refractivity contribution in [3.8, 4) is 0 Å². The Labute approximate surface area is 126 Å². The molecule has 1 atom stereocenters. The summed E-state index contributed by atoms with van der Waals surface area (Å²) in [5, 5.41) is 14.5. The Hall–Kier alpha value is -1.14. The first-order valence-electron chi connectivity index (χ1n) is 6.98. The quantitative estimate of drug-likeness (QED) is 0.678. The summed E-state index contributed by atoms with van der Waals surface area (Å²) in [6, 6.07) is 3.92. The van der Waals surface area contributed by atoms with Gasteiger partial charge in [-0.15, -0.1) is 0 Å². The van der Waals surface area contributed by atoms with Crippen LogP contribution in [0.25, 0.3) is 0 Å². The van der Waals surface area contributed by atoms with Crippen LogP contribution in [0.3, 0.4) is 0 Å². The fourth-order valence-corrected chi connectivity index (χ4v) is 3.75. The number of rotatable bonds is 3. The molecule has 0 aliphatic carbocycles. The van der Waals surface area contributed by atoms with Crippen molar-refractivity contribution in [2.75, 3.05) is 25.0 Å². The number of anilines is 1. The van der Waals surface area contributed by atoms with Gasteiger partial charge in [0, 0.05) is 34.4 Å². The van der Waals surface area contributed by atoms with Gasteiger partial charge in [-0.3, -0.25) is 10.1 Å². The number of nitro groups is 1. The maximum atomic E-state index is 10.9. The predicted octanol–water partition coefficient (Wildman–Crippen LogP) is 3.17. The van der Waals surface area contributed by atoms with Gasteiger partial charge in [-0.05, 0) is 60.8 Å². The largest absolute Gasteiger partial charge is 0.380 e. The first-order chi connectivity index (χ1) is 9.54. The van der Waals surface area contributed by atoms with Crippen molar-refractivity contribution in [2.24, 2.45) is 5.92 Å². The van der Waals surface area contributed by atoms with Crippen molar-refractivity contribution in [1.29, 1.82) is 0 Å². The zero-order chi connectivity index (χ0) is 14.3. The van der Waals surface area contributed by atoms with Crippen LogP contribution in [0.1, 0.15) is 18.4 Å². The van der Waals surface area contributed by atoms with E-state index in [4.69, 9.17) is 0 Å². The van der Waals surface area contributed by atoms with Crippen LogP contribution in [0.4, 0.5) is 11.4 Å². The van der Waals surface area contributed by atoms with Gasteiger partial charge in [0.1, 0.15) is 0 Å². The summed E-state index contributed by atoms with van der Waals surface area (Å²) < 4.78 is 0.770. The van der Waals surface area contributed by atoms with Crippen molar-refractivity contribution in [3.05, 3.63) is 32.3 Å². The number of nitrogens with zero attached hydrogens (tertiary/aromatic N) is 2. The second-order valence-corrected chi connectivity index (χ2v) is 6.62. The summed E-state index contributed by atoms with van der Waals surface area (Å²) in [5.74, 6) is 0.724. The molecule has 20 heavy (non-hydrogen) atoms. The Morgan fingerprint density at radius 2 is 2.10 bits per heavy atom. The van der Waals surface area contributed by atoms with E-state index < -0.39 is 0 Å². The molecule has 3 heterocycles. The highest BCUT2D eigenvalue weighted by molar-refractivity contribution is 9.10. The number of hydrogen-bond acceptors (Lipinski definition) is 4. The Balaban J connectivity index is 1.81. The Morgan fingerprint density at radius 1 is 1.40 bits per heavy atom. The maximum Gasteiger partial charge on any atom is 0.273 e. The average Bonchev–Trinajstić information content (AvgIpc) is 2.43. The van der Waals surface area contributed by atoms with Crippen molar-refractivity contribution >= 4 is 27.3 Å². The van der Waals surface area contributed by atoms with Gasteiger partial charge < -0.3 is 10.2 Å². The third-order valence-corrected chi connectivity index (χ3v) is 5.14. The number of hydrogen-bond donors (Lipinski definition) is 1. The first-order valence-corrected chi connectivity index (χ1v) is 7.77. The summed E-state index contributed by atoms with van der Waals surface area (Å²) >= 11 is 3.45. The Kier molecular flexibility index (Phi) is 3.69. The molecule has 5 nitrogen and oxygen atoms in total. The molecule has 0 spiro atoms. The number of benzene rings is 1. The van der Waals surface area contributed by atoms with Gasteiger partial charge in [0.05, 0.1) is 4.92 Å². The van der Waals surface area contributed by atoms with Crippen LogP contribution in [0, 0.1) is 23.0 Å². The normalized spacial score (nSPS) is 28.4. The van der Waals surface area contributed by atoms with E-state index >= 15 is 0 Å². The Bertz CT molecular complexity index is 541. The summed E-state index contributed by atoms with van der Waals surface area (Å²) in [7, 11) is 0. The number of aryl methyl sites for hydroxylation is 1. The van der Waals surface area contributed by atoms with E-state index in [0.29, 0.717) is 11.6 Å². The van der Waals surface area contributed by atoms with Gasteiger partial charge >= 0.3 is 0 Å². The molecule has 108 valence electrons. The monoisotopic (exact) mass is 339 g/mol. The minimum atomic E-state index is -0.335. The van der Waals surface area contributed by atoms with Crippen LogP contribution in [0.15, 0.2) is 16.6 Å². The van der Waals surface area contributed by atoms with Gasteiger partial charge in [-0.1, -0.05) is 0 Å². The maximum absolute atomic E-state index is 10.9. The van der Waals surface area contributed by atoms with E-state index in [2.05, 4.69) is 26.1 Å². The molecule has 3 aliphatic heterocycles. The van der Waals surface area contributed by atoms with Crippen LogP contribution >= 0.6 is 15.9 Å². The zero-order valence-corrected chi connectivity index (χ0v) is 13.0. The van der Waals surface area contributed by atoms with Crippen LogP contribution in [0.2, 0.25) is 0 Å². The van der Waals surface area contributed by atoms with Gasteiger partial charge in [-0.2, -0.15) is 0 Å². The minimum absolute atomic E-state index is 0.163. The topological polar surface area (TPSA) is 58.4 Å². The molecule has 3 saturated heterocycles. The molecule has 3 fully saturated rings. The first kappa shape index (κ1) is 13.8.